The minimum atomic E-state index is -0.123. The van der Waals surface area contributed by atoms with E-state index in [0.717, 1.165) is 6.42 Å². The fourth-order valence-corrected chi connectivity index (χ4v) is 0.306. The number of esters is 1. The van der Waals surface area contributed by atoms with Crippen LogP contribution in [0.3, 0.4) is 0 Å². The summed E-state index contributed by atoms with van der Waals surface area (Å²) in [6.07, 6.45) is 1.41. The quantitative estimate of drug-likeness (QED) is 0.383. The lowest BCUT2D eigenvalue weighted by atomic mass is 10.3. The van der Waals surface area contributed by atoms with Crippen LogP contribution in [0.2, 0.25) is 0 Å². The van der Waals surface area contributed by atoms with E-state index in [-0.39, 0.29) is 23.3 Å². The third-order valence-corrected chi connectivity index (χ3v) is 0.682. The lowest BCUT2D eigenvalue weighted by Crippen LogP contribution is -1.97. The molecule has 0 radical (unpaired) electrons. The van der Waals surface area contributed by atoms with E-state index in [0.29, 0.717) is 6.42 Å². The van der Waals surface area contributed by atoms with Crippen LogP contribution in [-0.4, -0.2) is 30.4 Å². The molecule has 0 atom stereocenters. The maximum Gasteiger partial charge on any atom is 0.305 e. The minimum Gasteiger partial charge on any atom is -0.469 e. The van der Waals surface area contributed by atoms with Gasteiger partial charge in [-0.25, -0.2) is 0 Å². The molecular formula is C5H13AlO2. The zero-order chi connectivity index (χ0) is 5.70. The van der Waals surface area contributed by atoms with E-state index in [1.54, 1.807) is 0 Å². The summed E-state index contributed by atoms with van der Waals surface area (Å²) < 4.78 is 4.35. The van der Waals surface area contributed by atoms with Gasteiger partial charge in [-0.1, -0.05) is 6.92 Å². The van der Waals surface area contributed by atoms with Crippen LogP contribution in [-0.2, 0) is 9.53 Å². The van der Waals surface area contributed by atoms with Crippen LogP contribution in [0.4, 0.5) is 0 Å². The number of hydrogen-bond acceptors (Lipinski definition) is 2. The SMILES string of the molecule is CCCC(=O)OC.[AlH3]. The Morgan fingerprint density at radius 1 is 1.62 bits per heavy atom. The van der Waals surface area contributed by atoms with Crippen LogP contribution in [0.5, 0.6) is 0 Å². The van der Waals surface area contributed by atoms with Gasteiger partial charge in [0.05, 0.1) is 7.11 Å². The third kappa shape index (κ3) is 6.00. The van der Waals surface area contributed by atoms with Gasteiger partial charge in [-0.15, -0.1) is 0 Å². The van der Waals surface area contributed by atoms with Gasteiger partial charge >= 0.3 is 5.97 Å². The smallest absolute Gasteiger partial charge is 0.305 e. The second-order valence-corrected chi connectivity index (χ2v) is 1.33. The van der Waals surface area contributed by atoms with Crippen molar-refractivity contribution >= 4 is 23.3 Å². The Hall–Kier alpha value is 0.00247. The molecule has 0 aromatic heterocycles. The Bertz CT molecular complexity index is 63.4. The Kier molecular flexibility index (Phi) is 9.53. The maximum absolute atomic E-state index is 10.2. The summed E-state index contributed by atoms with van der Waals surface area (Å²) in [6.45, 7) is 1.94. The topological polar surface area (TPSA) is 26.3 Å². The molecule has 0 heterocycles. The molecule has 0 aliphatic carbocycles. The van der Waals surface area contributed by atoms with Gasteiger partial charge in [0.2, 0.25) is 0 Å². The number of rotatable bonds is 2. The van der Waals surface area contributed by atoms with Crippen LogP contribution in [0.25, 0.3) is 0 Å². The first-order valence-corrected chi connectivity index (χ1v) is 2.38. The summed E-state index contributed by atoms with van der Waals surface area (Å²) in [5.41, 5.74) is 0. The molecule has 0 saturated heterocycles. The molecule has 0 N–H and O–H groups in total. The van der Waals surface area contributed by atoms with Gasteiger partial charge in [0, 0.05) is 6.42 Å². The van der Waals surface area contributed by atoms with Crippen LogP contribution in [0, 0.1) is 0 Å². The molecule has 0 amide bonds. The van der Waals surface area contributed by atoms with E-state index in [9.17, 15) is 4.79 Å². The minimum absolute atomic E-state index is 0. The van der Waals surface area contributed by atoms with Gasteiger partial charge in [0.15, 0.2) is 17.4 Å². The molecule has 0 spiro atoms. The van der Waals surface area contributed by atoms with Gasteiger partial charge in [0.1, 0.15) is 0 Å². The Labute approximate surface area is 60.3 Å². The van der Waals surface area contributed by atoms with Crippen molar-refractivity contribution in [2.24, 2.45) is 0 Å². The van der Waals surface area contributed by atoms with Crippen molar-refractivity contribution in [3.05, 3.63) is 0 Å². The zero-order valence-electron chi connectivity index (χ0n) is 4.73. The van der Waals surface area contributed by atoms with Crippen LogP contribution in [0.1, 0.15) is 19.8 Å². The normalized spacial score (nSPS) is 7.25. The van der Waals surface area contributed by atoms with Gasteiger partial charge in [-0.05, 0) is 6.42 Å². The average Bonchev–Trinajstić information content (AvgIpc) is 1.68. The molecule has 3 heteroatoms. The van der Waals surface area contributed by atoms with Crippen LogP contribution in [0.15, 0.2) is 0 Å². The molecule has 48 valence electrons. The molecule has 0 fully saturated rings. The maximum atomic E-state index is 10.2. The number of ether oxygens (including phenoxy) is 1. The highest BCUT2D eigenvalue weighted by molar-refractivity contribution is 5.75. The summed E-state index contributed by atoms with van der Waals surface area (Å²) in [6, 6.07) is 0. The van der Waals surface area contributed by atoms with Crippen molar-refractivity contribution in [2.45, 2.75) is 19.8 Å². The molecule has 0 rings (SSSR count). The van der Waals surface area contributed by atoms with E-state index >= 15 is 0 Å². The zero-order valence-corrected chi connectivity index (χ0v) is 4.73. The highest BCUT2D eigenvalue weighted by atomic mass is 27.0. The Morgan fingerprint density at radius 3 is 2.25 bits per heavy atom. The van der Waals surface area contributed by atoms with E-state index in [2.05, 4.69) is 4.74 Å². The summed E-state index contributed by atoms with van der Waals surface area (Å²) >= 11 is 0. The molecule has 0 saturated carbocycles. The predicted octanol–water partition coefficient (Wildman–Crippen LogP) is -0.224. The second-order valence-electron chi connectivity index (χ2n) is 1.33. The molecule has 0 aromatic carbocycles. The van der Waals surface area contributed by atoms with Crippen molar-refractivity contribution in [1.82, 2.24) is 0 Å². The van der Waals surface area contributed by atoms with Gasteiger partial charge < -0.3 is 4.74 Å². The predicted molar refractivity (Wildman–Crippen MR) is 36.9 cm³/mol. The van der Waals surface area contributed by atoms with E-state index in [1.807, 2.05) is 6.92 Å². The number of carbonyl (C=O) groups excluding carboxylic acids is 1. The van der Waals surface area contributed by atoms with Crippen molar-refractivity contribution in [2.75, 3.05) is 7.11 Å². The average molecular weight is 132 g/mol. The first kappa shape index (κ1) is 10.9. The van der Waals surface area contributed by atoms with E-state index in [1.165, 1.54) is 7.11 Å². The van der Waals surface area contributed by atoms with Crippen molar-refractivity contribution in [1.29, 1.82) is 0 Å². The molecule has 0 bridgehead atoms. The highest BCUT2D eigenvalue weighted by Gasteiger charge is 1.92. The second kappa shape index (κ2) is 7.00. The highest BCUT2D eigenvalue weighted by Crippen LogP contribution is 1.86. The van der Waals surface area contributed by atoms with Crippen molar-refractivity contribution in [3.63, 3.8) is 0 Å². The Balaban J connectivity index is 0. The molecular weight excluding hydrogens is 119 g/mol. The van der Waals surface area contributed by atoms with Gasteiger partial charge in [-0.3, -0.25) is 4.79 Å². The van der Waals surface area contributed by atoms with Crippen molar-refractivity contribution < 1.29 is 9.53 Å². The van der Waals surface area contributed by atoms with Crippen molar-refractivity contribution in [3.8, 4) is 0 Å². The lowest BCUT2D eigenvalue weighted by Gasteiger charge is -1.91. The molecule has 0 aromatic rings. The largest absolute Gasteiger partial charge is 0.469 e. The molecule has 0 aliphatic rings. The molecule has 2 nitrogen and oxygen atoms in total. The van der Waals surface area contributed by atoms with Crippen LogP contribution >= 0.6 is 0 Å². The number of methoxy groups -OCH3 is 1. The molecule has 0 unspecified atom stereocenters. The molecule has 0 aliphatic heterocycles. The summed E-state index contributed by atoms with van der Waals surface area (Å²) in [5, 5.41) is 0. The summed E-state index contributed by atoms with van der Waals surface area (Å²) in [5.74, 6) is -0.123. The van der Waals surface area contributed by atoms with Gasteiger partial charge in [-0.2, -0.15) is 0 Å². The summed E-state index contributed by atoms with van der Waals surface area (Å²) in [4.78, 5) is 10.2. The van der Waals surface area contributed by atoms with Crippen LogP contribution < -0.4 is 0 Å². The molecule has 8 heavy (non-hydrogen) atoms. The monoisotopic (exact) mass is 132 g/mol. The first-order chi connectivity index (χ1) is 3.31. The number of carbonyl (C=O) groups is 1. The van der Waals surface area contributed by atoms with E-state index in [4.69, 9.17) is 0 Å². The van der Waals surface area contributed by atoms with Gasteiger partial charge in [0.25, 0.3) is 0 Å². The fourth-order valence-electron chi connectivity index (χ4n) is 0.306. The summed E-state index contributed by atoms with van der Waals surface area (Å²) in [7, 11) is 1.40. The van der Waals surface area contributed by atoms with E-state index < -0.39 is 0 Å². The number of hydrogen-bond donors (Lipinski definition) is 0. The standard InChI is InChI=1S/C5H10O2.Al.3H/c1-3-4-5(6)7-2;;;;/h3-4H2,1-2H3;;;;. The lowest BCUT2D eigenvalue weighted by molar-refractivity contribution is -0.140. The fraction of sp³-hybridized carbons (Fsp3) is 0.800. The Morgan fingerprint density at radius 2 is 2.12 bits per heavy atom. The first-order valence-electron chi connectivity index (χ1n) is 2.38. The third-order valence-electron chi connectivity index (χ3n) is 0.682.